The summed E-state index contributed by atoms with van der Waals surface area (Å²) in [6, 6.07) is 9.46. The summed E-state index contributed by atoms with van der Waals surface area (Å²) in [7, 11) is -0.160. The summed E-state index contributed by atoms with van der Waals surface area (Å²) in [5.74, 6) is 2.11. The topological polar surface area (TPSA) is 44.8 Å². The minimum Gasteiger partial charge on any atom is -1.00 e. The predicted molar refractivity (Wildman–Crippen MR) is 165 cm³/mol. The van der Waals surface area contributed by atoms with Crippen LogP contribution < -0.4 is 38.4 Å². The molecule has 0 saturated heterocycles. The van der Waals surface area contributed by atoms with E-state index in [0.29, 0.717) is 41.9 Å². The van der Waals surface area contributed by atoms with Crippen molar-refractivity contribution < 1.29 is 39.3 Å². The van der Waals surface area contributed by atoms with Gasteiger partial charge in [0.25, 0.3) is 0 Å². The maximum absolute atomic E-state index is 13.5. The molecule has 1 unspecified atom stereocenters. The number of aryl methyl sites for hydroxylation is 1. The third-order valence-corrected chi connectivity index (χ3v) is 8.04. The quantitative estimate of drug-likeness (QED) is 0.0942. The minimum atomic E-state index is -0.160. The molecule has 39 heavy (non-hydrogen) atoms. The van der Waals surface area contributed by atoms with Crippen molar-refractivity contribution in [2.75, 3.05) is 19.8 Å². The monoisotopic (exact) mass is 570 g/mol. The van der Waals surface area contributed by atoms with Gasteiger partial charge >= 0.3 is 18.9 Å². The van der Waals surface area contributed by atoms with Crippen LogP contribution in [0.3, 0.4) is 0 Å². The first-order chi connectivity index (χ1) is 18.5. The molecule has 0 bridgehead atoms. The van der Waals surface area contributed by atoms with Crippen molar-refractivity contribution in [2.45, 2.75) is 105 Å². The Morgan fingerprint density at radius 1 is 0.769 bits per heavy atom. The molecule has 0 saturated carbocycles. The van der Waals surface area contributed by atoms with Crippen molar-refractivity contribution in [3.63, 3.8) is 0 Å². The Balaban J connectivity index is 0.00000760. The second-order valence-electron chi connectivity index (χ2n) is 9.91. The molecule has 0 heterocycles. The zero-order valence-electron chi connectivity index (χ0n) is 26.0. The molecule has 0 radical (unpaired) electrons. The number of carbonyl (C=O) groups excluding carboxylic acids is 1. The van der Waals surface area contributed by atoms with Crippen LogP contribution >= 0.6 is 20.2 Å². The Morgan fingerprint density at radius 3 is 1.72 bits per heavy atom. The van der Waals surface area contributed by atoms with Crippen molar-refractivity contribution in [2.24, 2.45) is 0 Å². The Bertz CT molecular complexity index is 921. The molecule has 0 fully saturated rings. The van der Waals surface area contributed by atoms with Gasteiger partial charge in [0, 0.05) is 17.7 Å². The fourth-order valence-corrected chi connectivity index (χ4v) is 5.84. The Hall–Kier alpha value is -1.17. The van der Waals surface area contributed by atoms with E-state index in [2.05, 4.69) is 20.8 Å². The summed E-state index contributed by atoms with van der Waals surface area (Å²) in [6.07, 6.45) is 13.5. The molecular formula is C32H49ClLiO4P. The van der Waals surface area contributed by atoms with Gasteiger partial charge in [-0.15, -0.1) is 0 Å². The van der Waals surface area contributed by atoms with Crippen molar-refractivity contribution in [3.8, 4) is 17.2 Å². The second-order valence-corrected chi connectivity index (χ2v) is 11.5. The van der Waals surface area contributed by atoms with Crippen molar-refractivity contribution in [1.82, 2.24) is 0 Å². The number of ether oxygens (including phenoxy) is 3. The average Bonchev–Trinajstić information content (AvgIpc) is 2.89. The van der Waals surface area contributed by atoms with Gasteiger partial charge in [0.1, 0.15) is 17.2 Å². The van der Waals surface area contributed by atoms with E-state index in [-0.39, 0.29) is 34.4 Å². The number of carbonyl (C=O) groups is 1. The SMILES string of the molecule is CCCCCCOc1cc(OCCCCCC)c(PC(=O)c2c(C)cccc2Cl)c(OCCCCCC)c1.[H-].[Li+]. The van der Waals surface area contributed by atoms with Gasteiger partial charge in [0.15, 0.2) is 5.52 Å². The summed E-state index contributed by atoms with van der Waals surface area (Å²) in [4.78, 5) is 13.5. The fraction of sp³-hybridized carbons (Fsp3) is 0.594. The van der Waals surface area contributed by atoms with Crippen molar-refractivity contribution in [3.05, 3.63) is 46.5 Å². The number of halogens is 1. The molecule has 0 amide bonds. The first-order valence-electron chi connectivity index (χ1n) is 14.6. The predicted octanol–water partition coefficient (Wildman–Crippen LogP) is 6.79. The van der Waals surface area contributed by atoms with Gasteiger partial charge in [-0.05, 0) is 46.4 Å². The summed E-state index contributed by atoms with van der Waals surface area (Å²) in [5, 5.41) is 1.29. The zero-order chi connectivity index (χ0) is 27.6. The van der Waals surface area contributed by atoms with Crippen LogP contribution in [0.2, 0.25) is 5.02 Å². The molecule has 0 spiro atoms. The van der Waals surface area contributed by atoms with Crippen LogP contribution in [-0.2, 0) is 0 Å². The standard InChI is InChI=1S/C32H48ClO4P.Li.H/c1-5-8-11-14-20-35-26-23-28(36-21-15-12-9-6-2)31(29(24-26)37-22-16-13-10-7-3)38-32(34)30-25(4)18-17-19-27(30)33;;/h17-19,23-24,38H,5-16,20-22H2,1-4H3;;/q;+1;-1. The van der Waals surface area contributed by atoms with E-state index in [1.807, 2.05) is 31.2 Å². The van der Waals surface area contributed by atoms with Crippen LogP contribution in [0.25, 0.3) is 0 Å². The smallest absolute Gasteiger partial charge is 1.00 e. The van der Waals surface area contributed by atoms with E-state index in [1.54, 1.807) is 6.07 Å². The molecule has 214 valence electrons. The molecular weight excluding hydrogens is 522 g/mol. The van der Waals surface area contributed by atoms with E-state index in [1.165, 1.54) is 38.5 Å². The molecule has 7 heteroatoms. The van der Waals surface area contributed by atoms with Gasteiger partial charge in [-0.1, -0.05) is 102 Å². The van der Waals surface area contributed by atoms with Crippen LogP contribution in [-0.4, -0.2) is 25.3 Å². The number of hydrogen-bond acceptors (Lipinski definition) is 4. The largest absolute Gasteiger partial charge is 1.00 e. The minimum absolute atomic E-state index is 0. The zero-order valence-corrected chi connectivity index (χ0v) is 26.8. The molecule has 4 nitrogen and oxygen atoms in total. The Kier molecular flexibility index (Phi) is 19.8. The average molecular weight is 571 g/mol. The number of unbranched alkanes of at least 4 members (excludes halogenated alkanes) is 9. The van der Waals surface area contributed by atoms with Crippen molar-refractivity contribution in [1.29, 1.82) is 0 Å². The van der Waals surface area contributed by atoms with Crippen LogP contribution in [0, 0.1) is 6.92 Å². The van der Waals surface area contributed by atoms with Crippen LogP contribution in [0.15, 0.2) is 30.3 Å². The molecule has 0 aromatic heterocycles. The molecule has 2 rings (SSSR count). The Labute approximate surface area is 257 Å². The third-order valence-electron chi connectivity index (χ3n) is 6.50. The van der Waals surface area contributed by atoms with E-state index in [0.717, 1.165) is 55.1 Å². The van der Waals surface area contributed by atoms with Gasteiger partial charge in [-0.25, -0.2) is 0 Å². The molecule has 0 aliphatic carbocycles. The van der Waals surface area contributed by atoms with Gasteiger partial charge < -0.3 is 15.6 Å². The molecule has 0 aliphatic rings. The maximum atomic E-state index is 13.5. The first kappa shape index (κ1) is 35.9. The number of rotatable bonds is 21. The van der Waals surface area contributed by atoms with Gasteiger partial charge in [-0.2, -0.15) is 0 Å². The molecule has 1 atom stereocenters. The molecule has 2 aromatic carbocycles. The maximum Gasteiger partial charge on any atom is 1.00 e. The fourth-order valence-electron chi connectivity index (χ4n) is 4.24. The molecule has 2 aromatic rings. The molecule has 0 N–H and O–H groups in total. The number of hydrogen-bond donors (Lipinski definition) is 0. The van der Waals surface area contributed by atoms with E-state index in [4.69, 9.17) is 25.8 Å². The van der Waals surface area contributed by atoms with E-state index >= 15 is 0 Å². The van der Waals surface area contributed by atoms with Crippen LogP contribution in [0.1, 0.15) is 115 Å². The van der Waals surface area contributed by atoms with Crippen LogP contribution in [0.4, 0.5) is 0 Å². The summed E-state index contributed by atoms with van der Waals surface area (Å²) in [6.45, 7) is 10.4. The first-order valence-corrected chi connectivity index (χ1v) is 16.0. The third kappa shape index (κ3) is 13.4. The normalized spacial score (nSPS) is 11.0. The number of benzene rings is 2. The van der Waals surface area contributed by atoms with E-state index in [9.17, 15) is 4.79 Å². The van der Waals surface area contributed by atoms with E-state index < -0.39 is 0 Å². The van der Waals surface area contributed by atoms with Gasteiger partial charge in [0.2, 0.25) is 0 Å². The van der Waals surface area contributed by atoms with Crippen molar-refractivity contribution >= 4 is 31.0 Å². The molecule has 0 aliphatic heterocycles. The van der Waals surface area contributed by atoms with Crippen LogP contribution in [0.5, 0.6) is 17.2 Å². The summed E-state index contributed by atoms with van der Waals surface area (Å²) < 4.78 is 18.8. The summed E-state index contributed by atoms with van der Waals surface area (Å²) >= 11 is 6.45. The van der Waals surface area contributed by atoms with Gasteiger partial charge in [0.05, 0.1) is 30.1 Å². The summed E-state index contributed by atoms with van der Waals surface area (Å²) in [5.41, 5.74) is 1.45. The van der Waals surface area contributed by atoms with Gasteiger partial charge in [-0.3, -0.25) is 4.79 Å². The second kappa shape index (κ2) is 21.6. The Morgan fingerprint density at radius 2 is 1.26 bits per heavy atom.